The number of fused-ring (bicyclic) bond motifs is 1. The number of pyridine rings is 1. The third-order valence-electron chi connectivity index (χ3n) is 3.56. The van der Waals surface area contributed by atoms with Crippen molar-refractivity contribution in [2.45, 2.75) is 26.9 Å². The monoisotopic (exact) mass is 267 g/mol. The summed E-state index contributed by atoms with van der Waals surface area (Å²) < 4.78 is 3.69. The maximum absolute atomic E-state index is 12.1. The molecule has 4 nitrogen and oxygen atoms in total. The van der Waals surface area contributed by atoms with E-state index in [1.165, 1.54) is 0 Å². The zero-order valence-electron chi connectivity index (χ0n) is 11.7. The predicted octanol–water partition coefficient (Wildman–Crippen LogP) is 2.57. The van der Waals surface area contributed by atoms with Crippen LogP contribution in [0.1, 0.15) is 18.2 Å². The van der Waals surface area contributed by atoms with Gasteiger partial charge in [0.05, 0.1) is 17.8 Å². The lowest BCUT2D eigenvalue weighted by Crippen LogP contribution is -2.22. The zero-order chi connectivity index (χ0) is 14.1. The van der Waals surface area contributed by atoms with Gasteiger partial charge < -0.3 is 4.57 Å². The Balaban J connectivity index is 2.11. The molecule has 0 aliphatic heterocycles. The third-order valence-corrected chi connectivity index (χ3v) is 3.56. The molecule has 0 bridgehead atoms. The summed E-state index contributed by atoms with van der Waals surface area (Å²) in [5.74, 6) is 0. The number of nitrogens with zero attached hydrogens (tertiary/aromatic N) is 3. The normalized spacial score (nSPS) is 11.1. The summed E-state index contributed by atoms with van der Waals surface area (Å²) in [6.07, 6.45) is 1.81. The van der Waals surface area contributed by atoms with Gasteiger partial charge in [-0.05, 0) is 26.0 Å². The molecule has 0 amide bonds. The largest absolute Gasteiger partial charge is 0.309 e. The fraction of sp³-hybridized carbons (Fsp3) is 0.250. The van der Waals surface area contributed by atoms with Crippen LogP contribution in [0, 0.1) is 6.92 Å². The van der Waals surface area contributed by atoms with Crippen LogP contribution in [0.2, 0.25) is 0 Å². The summed E-state index contributed by atoms with van der Waals surface area (Å²) in [4.78, 5) is 12.1. The Bertz CT molecular complexity index is 814. The molecule has 2 aromatic heterocycles. The summed E-state index contributed by atoms with van der Waals surface area (Å²) in [6, 6.07) is 11.9. The van der Waals surface area contributed by atoms with Gasteiger partial charge in [-0.15, -0.1) is 0 Å². The van der Waals surface area contributed by atoms with Crippen molar-refractivity contribution >= 4 is 10.9 Å². The lowest BCUT2D eigenvalue weighted by Gasteiger charge is -2.04. The molecule has 0 aliphatic carbocycles. The van der Waals surface area contributed by atoms with E-state index in [0.717, 1.165) is 28.7 Å². The Kier molecular flexibility index (Phi) is 3.14. The van der Waals surface area contributed by atoms with Crippen LogP contribution in [-0.4, -0.2) is 14.3 Å². The van der Waals surface area contributed by atoms with Gasteiger partial charge in [0.1, 0.15) is 0 Å². The molecule has 3 rings (SSSR count). The highest BCUT2D eigenvalue weighted by atomic mass is 16.1. The first-order valence-corrected chi connectivity index (χ1v) is 6.81. The molecule has 3 aromatic rings. The lowest BCUT2D eigenvalue weighted by atomic mass is 10.2. The van der Waals surface area contributed by atoms with Crippen molar-refractivity contribution < 1.29 is 0 Å². The SMILES string of the molecule is CCn1nc(Cn2cccc(C)c2=O)c2ccccc21. The highest BCUT2D eigenvalue weighted by molar-refractivity contribution is 5.81. The number of hydrogen-bond acceptors (Lipinski definition) is 2. The van der Waals surface area contributed by atoms with Gasteiger partial charge in [-0.25, -0.2) is 0 Å². The van der Waals surface area contributed by atoms with Crippen LogP contribution in [-0.2, 0) is 13.1 Å². The molecule has 0 N–H and O–H groups in total. The van der Waals surface area contributed by atoms with Gasteiger partial charge in [0.15, 0.2) is 0 Å². The minimum absolute atomic E-state index is 0.0441. The Hall–Kier alpha value is -2.36. The van der Waals surface area contributed by atoms with E-state index in [1.54, 1.807) is 4.57 Å². The molecule has 0 radical (unpaired) electrons. The molecular weight excluding hydrogens is 250 g/mol. The van der Waals surface area contributed by atoms with Crippen LogP contribution in [0.5, 0.6) is 0 Å². The molecular formula is C16H17N3O. The maximum atomic E-state index is 12.1. The van der Waals surface area contributed by atoms with Crippen molar-refractivity contribution in [2.75, 3.05) is 0 Å². The molecule has 0 saturated heterocycles. The van der Waals surface area contributed by atoms with Crippen molar-refractivity contribution in [1.29, 1.82) is 0 Å². The van der Waals surface area contributed by atoms with E-state index in [0.29, 0.717) is 6.54 Å². The highest BCUT2D eigenvalue weighted by Gasteiger charge is 2.10. The number of aryl methyl sites for hydroxylation is 2. The summed E-state index contributed by atoms with van der Waals surface area (Å²) in [7, 11) is 0. The first-order valence-electron chi connectivity index (χ1n) is 6.81. The molecule has 0 aliphatic rings. The standard InChI is InChI=1S/C16H17N3O/c1-3-19-15-9-5-4-8-13(15)14(17-19)11-18-10-6-7-12(2)16(18)20/h4-10H,3,11H2,1-2H3. The van der Waals surface area contributed by atoms with Crippen molar-refractivity contribution in [3.63, 3.8) is 0 Å². The predicted molar refractivity (Wildman–Crippen MR) is 79.9 cm³/mol. The molecule has 1 aromatic carbocycles. The second kappa shape index (κ2) is 4.96. The van der Waals surface area contributed by atoms with Crippen molar-refractivity contribution in [3.05, 3.63) is 64.2 Å². The van der Waals surface area contributed by atoms with Crippen LogP contribution in [0.4, 0.5) is 0 Å². The van der Waals surface area contributed by atoms with Gasteiger partial charge >= 0.3 is 0 Å². The van der Waals surface area contributed by atoms with E-state index in [1.807, 2.05) is 42.1 Å². The first kappa shape index (κ1) is 12.7. The second-order valence-corrected chi connectivity index (χ2v) is 4.90. The van der Waals surface area contributed by atoms with E-state index < -0.39 is 0 Å². The minimum Gasteiger partial charge on any atom is -0.309 e. The van der Waals surface area contributed by atoms with Gasteiger partial charge in [-0.2, -0.15) is 5.10 Å². The molecule has 0 spiro atoms. The molecule has 4 heteroatoms. The van der Waals surface area contributed by atoms with E-state index in [4.69, 9.17) is 0 Å². The quantitative estimate of drug-likeness (QED) is 0.731. The molecule has 0 saturated carbocycles. The van der Waals surface area contributed by atoms with E-state index in [-0.39, 0.29) is 5.56 Å². The summed E-state index contributed by atoms with van der Waals surface area (Å²) in [6.45, 7) is 5.24. The number of para-hydroxylation sites is 1. The zero-order valence-corrected chi connectivity index (χ0v) is 11.7. The Morgan fingerprint density at radius 2 is 1.95 bits per heavy atom. The Morgan fingerprint density at radius 1 is 1.15 bits per heavy atom. The number of aromatic nitrogens is 3. The highest BCUT2D eigenvalue weighted by Crippen LogP contribution is 2.18. The van der Waals surface area contributed by atoms with Crippen molar-refractivity contribution in [3.8, 4) is 0 Å². The Labute approximate surface area is 117 Å². The van der Waals surface area contributed by atoms with E-state index >= 15 is 0 Å². The van der Waals surface area contributed by atoms with Crippen LogP contribution < -0.4 is 5.56 Å². The molecule has 0 unspecified atom stereocenters. The average Bonchev–Trinajstić information content (AvgIpc) is 2.82. The minimum atomic E-state index is 0.0441. The average molecular weight is 267 g/mol. The van der Waals surface area contributed by atoms with Gasteiger partial charge in [-0.1, -0.05) is 24.3 Å². The molecule has 0 fully saturated rings. The number of hydrogen-bond donors (Lipinski definition) is 0. The van der Waals surface area contributed by atoms with Gasteiger partial charge in [0, 0.05) is 23.7 Å². The molecule has 0 atom stereocenters. The summed E-state index contributed by atoms with van der Waals surface area (Å²) >= 11 is 0. The third kappa shape index (κ3) is 2.03. The smallest absolute Gasteiger partial charge is 0.253 e. The van der Waals surface area contributed by atoms with Crippen LogP contribution >= 0.6 is 0 Å². The van der Waals surface area contributed by atoms with E-state index in [9.17, 15) is 4.79 Å². The topological polar surface area (TPSA) is 39.8 Å². The van der Waals surface area contributed by atoms with Gasteiger partial charge in [0.2, 0.25) is 0 Å². The van der Waals surface area contributed by atoms with Gasteiger partial charge in [-0.3, -0.25) is 9.48 Å². The van der Waals surface area contributed by atoms with Crippen molar-refractivity contribution in [2.24, 2.45) is 0 Å². The van der Waals surface area contributed by atoms with E-state index in [2.05, 4.69) is 24.2 Å². The summed E-state index contributed by atoms with van der Waals surface area (Å²) in [5.41, 5.74) is 2.86. The van der Waals surface area contributed by atoms with Crippen molar-refractivity contribution in [1.82, 2.24) is 14.3 Å². The van der Waals surface area contributed by atoms with Crippen LogP contribution in [0.25, 0.3) is 10.9 Å². The molecule has 102 valence electrons. The molecule has 20 heavy (non-hydrogen) atoms. The van der Waals surface area contributed by atoms with Crippen LogP contribution in [0.3, 0.4) is 0 Å². The maximum Gasteiger partial charge on any atom is 0.253 e. The summed E-state index contributed by atoms with van der Waals surface area (Å²) in [5, 5.41) is 5.74. The van der Waals surface area contributed by atoms with Crippen LogP contribution in [0.15, 0.2) is 47.4 Å². The molecule has 2 heterocycles. The fourth-order valence-electron chi connectivity index (χ4n) is 2.50. The number of rotatable bonds is 3. The van der Waals surface area contributed by atoms with Gasteiger partial charge in [0.25, 0.3) is 5.56 Å². The lowest BCUT2D eigenvalue weighted by molar-refractivity contribution is 0.647. The Morgan fingerprint density at radius 3 is 2.75 bits per heavy atom. The first-order chi connectivity index (χ1) is 9.70. The second-order valence-electron chi connectivity index (χ2n) is 4.90. The fourth-order valence-corrected chi connectivity index (χ4v) is 2.50. The number of benzene rings is 1.